The topological polar surface area (TPSA) is 105 Å². The number of nitrogens with one attached hydrogen (secondary N) is 1. The largest absolute Gasteiger partial charge is 0.493 e. The fraction of sp³-hybridized carbons (Fsp3) is 0.417. The van der Waals surface area contributed by atoms with Gasteiger partial charge in [0, 0.05) is 32.2 Å². The second-order valence-corrected chi connectivity index (χ2v) is 10.5. The van der Waals surface area contributed by atoms with Crippen molar-refractivity contribution in [1.29, 1.82) is 0 Å². The van der Waals surface area contributed by atoms with Crippen LogP contribution in [0.25, 0.3) is 10.9 Å². The number of nitrogens with zero attached hydrogens (tertiary/aromatic N) is 3. The minimum Gasteiger partial charge on any atom is -0.493 e. The molecule has 0 atom stereocenters. The van der Waals surface area contributed by atoms with Crippen molar-refractivity contribution < 1.29 is 17.9 Å². The predicted molar refractivity (Wildman–Crippen MR) is 130 cm³/mol. The number of hydrogen-bond donors (Lipinski definition) is 1. The van der Waals surface area contributed by atoms with Gasteiger partial charge in [-0.05, 0) is 38.0 Å². The summed E-state index contributed by atoms with van der Waals surface area (Å²) in [6, 6.07) is 7.11. The third kappa shape index (κ3) is 4.53. The molecule has 1 N–H and O–H groups in total. The van der Waals surface area contributed by atoms with E-state index in [1.807, 2.05) is 32.9 Å². The average Bonchev–Trinajstić information content (AvgIpc) is 2.77. The zero-order valence-corrected chi connectivity index (χ0v) is 21.0. The molecule has 1 aromatic heterocycles. The molecule has 0 bridgehead atoms. The summed E-state index contributed by atoms with van der Waals surface area (Å²) in [5, 5.41) is 0.418. The Kier molecular flexibility index (Phi) is 6.66. The van der Waals surface area contributed by atoms with Crippen molar-refractivity contribution in [2.24, 2.45) is 0 Å². The fourth-order valence-electron chi connectivity index (χ4n) is 4.63. The van der Waals surface area contributed by atoms with Crippen LogP contribution in [0.5, 0.6) is 11.5 Å². The van der Waals surface area contributed by atoms with Gasteiger partial charge in [-0.3, -0.25) is 9.69 Å². The van der Waals surface area contributed by atoms with Crippen LogP contribution in [0.2, 0.25) is 0 Å². The van der Waals surface area contributed by atoms with E-state index >= 15 is 0 Å². The second kappa shape index (κ2) is 9.36. The highest BCUT2D eigenvalue weighted by Gasteiger charge is 2.31. The lowest BCUT2D eigenvalue weighted by molar-refractivity contribution is 0.178. The first-order valence-corrected chi connectivity index (χ1v) is 12.5. The van der Waals surface area contributed by atoms with Crippen LogP contribution >= 0.6 is 0 Å². The maximum atomic E-state index is 13.3. The molecule has 0 spiro atoms. The van der Waals surface area contributed by atoms with Crippen LogP contribution in [-0.4, -0.2) is 68.0 Å². The van der Waals surface area contributed by atoms with Gasteiger partial charge in [-0.15, -0.1) is 0 Å². The molecule has 1 aliphatic heterocycles. The lowest BCUT2D eigenvalue weighted by Crippen LogP contribution is -2.48. The van der Waals surface area contributed by atoms with Crippen LogP contribution in [-0.2, 0) is 16.6 Å². The van der Waals surface area contributed by atoms with E-state index in [1.165, 1.54) is 14.2 Å². The van der Waals surface area contributed by atoms with E-state index in [1.54, 1.807) is 16.4 Å². The number of fused-ring (bicyclic) bond motifs is 1. The summed E-state index contributed by atoms with van der Waals surface area (Å²) in [5.74, 6) is 1.48. The Balaban J connectivity index is 1.51. The Bertz CT molecular complexity index is 1370. The Morgan fingerprint density at radius 1 is 0.941 bits per heavy atom. The summed E-state index contributed by atoms with van der Waals surface area (Å²) >= 11 is 0. The predicted octanol–water partition coefficient (Wildman–Crippen LogP) is 2.37. The van der Waals surface area contributed by atoms with Gasteiger partial charge >= 0.3 is 0 Å². The molecule has 0 aliphatic carbocycles. The van der Waals surface area contributed by atoms with Crippen molar-refractivity contribution in [1.82, 2.24) is 19.2 Å². The van der Waals surface area contributed by atoms with Crippen molar-refractivity contribution in [3.63, 3.8) is 0 Å². The van der Waals surface area contributed by atoms with Crippen molar-refractivity contribution >= 4 is 20.9 Å². The summed E-state index contributed by atoms with van der Waals surface area (Å²) < 4.78 is 38.8. The number of aryl methyl sites for hydroxylation is 3. The van der Waals surface area contributed by atoms with Gasteiger partial charge in [0.2, 0.25) is 10.0 Å². The molecule has 0 saturated carbocycles. The smallest absolute Gasteiger partial charge is 0.258 e. The van der Waals surface area contributed by atoms with Crippen LogP contribution in [0, 0.1) is 20.8 Å². The fourth-order valence-corrected chi connectivity index (χ4v) is 6.47. The van der Waals surface area contributed by atoms with Crippen LogP contribution in [0.4, 0.5) is 0 Å². The van der Waals surface area contributed by atoms with E-state index in [9.17, 15) is 13.2 Å². The number of piperazine rings is 1. The summed E-state index contributed by atoms with van der Waals surface area (Å²) in [4.78, 5) is 22.6. The molecule has 9 nitrogen and oxygen atoms in total. The minimum atomic E-state index is -3.58. The van der Waals surface area contributed by atoms with Gasteiger partial charge in [0.25, 0.3) is 5.56 Å². The molecule has 4 rings (SSSR count). The first-order valence-electron chi connectivity index (χ1n) is 11.1. The quantitative estimate of drug-likeness (QED) is 0.570. The van der Waals surface area contributed by atoms with Gasteiger partial charge < -0.3 is 14.5 Å². The van der Waals surface area contributed by atoms with Gasteiger partial charge in [0.15, 0.2) is 11.5 Å². The third-order valence-corrected chi connectivity index (χ3v) is 8.37. The molecule has 34 heavy (non-hydrogen) atoms. The number of aromatic amines is 1. The molecule has 0 unspecified atom stereocenters. The number of aromatic nitrogens is 2. The molecule has 1 aliphatic rings. The highest BCUT2D eigenvalue weighted by molar-refractivity contribution is 7.89. The summed E-state index contributed by atoms with van der Waals surface area (Å²) in [5.41, 5.74) is 2.84. The summed E-state index contributed by atoms with van der Waals surface area (Å²) in [7, 11) is -0.531. The number of benzene rings is 2. The normalized spacial score (nSPS) is 15.6. The molecule has 0 radical (unpaired) electrons. The van der Waals surface area contributed by atoms with E-state index in [0.717, 1.165) is 16.7 Å². The van der Waals surface area contributed by atoms with Crippen LogP contribution in [0.15, 0.2) is 34.0 Å². The number of hydrogen-bond acceptors (Lipinski definition) is 7. The highest BCUT2D eigenvalue weighted by atomic mass is 32.2. The van der Waals surface area contributed by atoms with Crippen LogP contribution in [0.1, 0.15) is 22.5 Å². The van der Waals surface area contributed by atoms with Crippen molar-refractivity contribution in [2.45, 2.75) is 32.2 Å². The Morgan fingerprint density at radius 3 is 2.12 bits per heavy atom. The molecule has 182 valence electrons. The Morgan fingerprint density at radius 2 is 1.53 bits per heavy atom. The third-order valence-electron chi connectivity index (χ3n) is 6.17. The molecule has 2 aromatic carbocycles. The van der Waals surface area contributed by atoms with E-state index in [0.29, 0.717) is 65.8 Å². The molecule has 0 amide bonds. The molecule has 2 heterocycles. The standard InChI is InChI=1S/C24H30N4O5S/c1-15-10-16(2)23(17(3)11-15)34(30,31)28-8-6-27(7-9-28)14-22-25-19-13-21(33-5)20(32-4)12-18(19)24(29)26-22/h10-13H,6-9,14H2,1-5H3,(H,25,26,29). The summed E-state index contributed by atoms with van der Waals surface area (Å²) in [6.45, 7) is 7.89. The van der Waals surface area contributed by atoms with Crippen molar-refractivity contribution in [3.05, 3.63) is 57.1 Å². The number of ether oxygens (including phenoxy) is 2. The highest BCUT2D eigenvalue weighted by Crippen LogP contribution is 2.30. The maximum absolute atomic E-state index is 13.3. The monoisotopic (exact) mass is 486 g/mol. The second-order valence-electron chi connectivity index (χ2n) is 8.65. The lowest BCUT2D eigenvalue weighted by atomic mass is 10.1. The molecule has 1 saturated heterocycles. The SMILES string of the molecule is COc1cc2nc(CN3CCN(S(=O)(=O)c4c(C)cc(C)cc4C)CC3)[nH]c(=O)c2cc1OC. The van der Waals surface area contributed by atoms with Crippen LogP contribution in [0.3, 0.4) is 0 Å². The van der Waals surface area contributed by atoms with E-state index in [2.05, 4.69) is 14.9 Å². The van der Waals surface area contributed by atoms with Crippen LogP contribution < -0.4 is 15.0 Å². The van der Waals surface area contributed by atoms with Crippen molar-refractivity contribution in [2.75, 3.05) is 40.4 Å². The van der Waals surface area contributed by atoms with Gasteiger partial charge in [-0.25, -0.2) is 13.4 Å². The first-order chi connectivity index (χ1) is 16.1. The van der Waals surface area contributed by atoms with Crippen molar-refractivity contribution in [3.8, 4) is 11.5 Å². The zero-order valence-electron chi connectivity index (χ0n) is 20.1. The van der Waals surface area contributed by atoms with E-state index in [4.69, 9.17) is 9.47 Å². The molecule has 10 heteroatoms. The molecular weight excluding hydrogens is 456 g/mol. The summed E-state index contributed by atoms with van der Waals surface area (Å²) in [6.07, 6.45) is 0. The van der Waals surface area contributed by atoms with Gasteiger partial charge in [0.1, 0.15) is 5.82 Å². The number of methoxy groups -OCH3 is 2. The lowest BCUT2D eigenvalue weighted by Gasteiger charge is -2.34. The number of rotatable bonds is 6. The van der Waals surface area contributed by atoms with Gasteiger partial charge in [-0.1, -0.05) is 17.7 Å². The number of sulfonamides is 1. The maximum Gasteiger partial charge on any atom is 0.258 e. The molecule has 3 aromatic rings. The molecular formula is C24H30N4O5S. The van der Waals surface area contributed by atoms with E-state index in [-0.39, 0.29) is 5.56 Å². The van der Waals surface area contributed by atoms with Gasteiger partial charge in [-0.2, -0.15) is 4.31 Å². The number of H-pyrrole nitrogens is 1. The zero-order chi connectivity index (χ0) is 24.6. The Labute approximate surface area is 199 Å². The first kappa shape index (κ1) is 24.2. The minimum absolute atomic E-state index is 0.257. The average molecular weight is 487 g/mol. The molecule has 1 fully saturated rings. The van der Waals surface area contributed by atoms with Gasteiger partial charge in [0.05, 0.1) is 36.6 Å². The Hall–Kier alpha value is -2.95. The van der Waals surface area contributed by atoms with E-state index < -0.39 is 10.0 Å².